The van der Waals surface area contributed by atoms with Gasteiger partial charge in [-0.3, -0.25) is 0 Å². The summed E-state index contributed by atoms with van der Waals surface area (Å²) in [7, 11) is 0. The maximum absolute atomic E-state index is 13.8. The van der Waals surface area contributed by atoms with E-state index >= 15 is 0 Å². The first-order chi connectivity index (χ1) is 8.73. The van der Waals surface area contributed by atoms with Crippen LogP contribution in [-0.4, -0.2) is 18.2 Å². The summed E-state index contributed by atoms with van der Waals surface area (Å²) in [5.74, 6) is -0.383. The summed E-state index contributed by atoms with van der Waals surface area (Å²) in [4.78, 5) is 11.7. The lowest BCUT2D eigenvalue weighted by Gasteiger charge is -2.23. The summed E-state index contributed by atoms with van der Waals surface area (Å²) in [6.45, 7) is 7.17. The van der Waals surface area contributed by atoms with E-state index in [1.165, 1.54) is 6.07 Å². The summed E-state index contributed by atoms with van der Waals surface area (Å²) >= 11 is 0. The van der Waals surface area contributed by atoms with Crippen LogP contribution in [0, 0.1) is 12.7 Å². The molecule has 1 aromatic rings. The molecule has 3 N–H and O–H groups in total. The zero-order valence-electron chi connectivity index (χ0n) is 11.8. The quantitative estimate of drug-likeness (QED) is 0.885. The minimum absolute atomic E-state index is 0.0965. The number of hydrogen-bond donors (Lipinski definition) is 2. The van der Waals surface area contributed by atoms with Crippen molar-refractivity contribution in [1.82, 2.24) is 5.32 Å². The number of carbonyl (C=O) groups excluding carboxylic acids is 1. The number of halogens is 1. The van der Waals surface area contributed by atoms with Crippen molar-refractivity contribution in [3.8, 4) is 0 Å². The van der Waals surface area contributed by atoms with Gasteiger partial charge in [0.2, 0.25) is 0 Å². The summed E-state index contributed by atoms with van der Waals surface area (Å²) in [5, 5.41) is 2.57. The van der Waals surface area contributed by atoms with Crippen molar-refractivity contribution in [1.29, 1.82) is 0 Å². The molecule has 1 amide bonds. The van der Waals surface area contributed by atoms with Gasteiger partial charge in [-0.05, 0) is 39.3 Å². The molecule has 0 aliphatic carbocycles. The third kappa shape index (κ3) is 4.87. The van der Waals surface area contributed by atoms with E-state index in [9.17, 15) is 9.18 Å². The molecule has 0 saturated carbocycles. The maximum Gasteiger partial charge on any atom is 0.408 e. The van der Waals surface area contributed by atoms with E-state index in [1.54, 1.807) is 39.8 Å². The van der Waals surface area contributed by atoms with E-state index in [-0.39, 0.29) is 12.4 Å². The second-order valence-corrected chi connectivity index (χ2v) is 5.46. The second-order valence-electron chi connectivity index (χ2n) is 5.46. The lowest BCUT2D eigenvalue weighted by Crippen LogP contribution is -2.38. The first-order valence-corrected chi connectivity index (χ1v) is 6.18. The average molecular weight is 268 g/mol. The van der Waals surface area contributed by atoms with Gasteiger partial charge in [0.05, 0.1) is 6.04 Å². The fourth-order valence-electron chi connectivity index (χ4n) is 1.63. The molecule has 0 heterocycles. The smallest absolute Gasteiger partial charge is 0.408 e. The van der Waals surface area contributed by atoms with Crippen LogP contribution in [0.4, 0.5) is 9.18 Å². The van der Waals surface area contributed by atoms with Gasteiger partial charge in [0.1, 0.15) is 11.4 Å². The lowest BCUT2D eigenvalue weighted by molar-refractivity contribution is 0.0504. The highest BCUT2D eigenvalue weighted by Gasteiger charge is 2.21. The summed E-state index contributed by atoms with van der Waals surface area (Å²) in [5.41, 5.74) is 6.16. The molecule has 0 aliphatic rings. The van der Waals surface area contributed by atoms with Crippen molar-refractivity contribution in [3.63, 3.8) is 0 Å². The number of ether oxygens (including phenoxy) is 1. The fraction of sp³-hybridized carbons (Fsp3) is 0.500. The monoisotopic (exact) mass is 268 g/mol. The number of amides is 1. The maximum atomic E-state index is 13.8. The van der Waals surface area contributed by atoms with Crippen LogP contribution >= 0.6 is 0 Å². The Balaban J connectivity index is 2.81. The van der Waals surface area contributed by atoms with Gasteiger partial charge in [-0.2, -0.15) is 0 Å². The number of alkyl carbamates (subject to hydrolysis) is 1. The number of carbonyl (C=O) groups is 1. The Bertz CT molecular complexity index is 455. The Morgan fingerprint density at radius 1 is 1.47 bits per heavy atom. The van der Waals surface area contributed by atoms with Crippen molar-refractivity contribution < 1.29 is 13.9 Å². The molecule has 0 bridgehead atoms. The van der Waals surface area contributed by atoms with Gasteiger partial charge in [-0.15, -0.1) is 0 Å². The second kappa shape index (κ2) is 6.02. The van der Waals surface area contributed by atoms with Crippen molar-refractivity contribution in [2.45, 2.75) is 39.3 Å². The average Bonchev–Trinajstić information content (AvgIpc) is 2.24. The van der Waals surface area contributed by atoms with Crippen LogP contribution < -0.4 is 11.1 Å². The third-order valence-corrected chi connectivity index (χ3v) is 2.46. The van der Waals surface area contributed by atoms with E-state index in [0.717, 1.165) is 5.56 Å². The Morgan fingerprint density at radius 2 is 2.11 bits per heavy atom. The molecule has 0 aliphatic heterocycles. The van der Waals surface area contributed by atoms with Crippen molar-refractivity contribution in [2.75, 3.05) is 6.54 Å². The Labute approximate surface area is 113 Å². The number of benzene rings is 1. The van der Waals surface area contributed by atoms with Gasteiger partial charge in [0.15, 0.2) is 0 Å². The third-order valence-electron chi connectivity index (χ3n) is 2.46. The molecule has 106 valence electrons. The number of nitrogens with two attached hydrogens (primary N) is 1. The zero-order valence-corrected chi connectivity index (χ0v) is 11.8. The topological polar surface area (TPSA) is 64.3 Å². The van der Waals surface area contributed by atoms with Crippen LogP contribution in [0.3, 0.4) is 0 Å². The number of nitrogens with one attached hydrogen (secondary N) is 1. The van der Waals surface area contributed by atoms with Gasteiger partial charge < -0.3 is 15.8 Å². The molecule has 4 nitrogen and oxygen atoms in total. The molecule has 1 atom stereocenters. The predicted octanol–water partition coefficient (Wildman–Crippen LogP) is 2.66. The molecule has 0 spiro atoms. The number of hydrogen-bond acceptors (Lipinski definition) is 3. The van der Waals surface area contributed by atoms with Gasteiger partial charge in [-0.1, -0.05) is 12.1 Å². The summed E-state index contributed by atoms with van der Waals surface area (Å²) in [6, 6.07) is 4.21. The summed E-state index contributed by atoms with van der Waals surface area (Å²) < 4.78 is 19.0. The van der Waals surface area contributed by atoms with Gasteiger partial charge >= 0.3 is 6.09 Å². The van der Waals surface area contributed by atoms with Gasteiger partial charge in [-0.25, -0.2) is 9.18 Å². The molecule has 0 radical (unpaired) electrons. The number of rotatable bonds is 3. The molecule has 5 heteroatoms. The highest BCUT2D eigenvalue weighted by Crippen LogP contribution is 2.18. The molecule has 1 aromatic carbocycles. The SMILES string of the molecule is Cc1ccc(C(CN)NC(=O)OC(C)(C)C)c(F)c1. The lowest BCUT2D eigenvalue weighted by atomic mass is 10.0. The zero-order chi connectivity index (χ0) is 14.6. The molecule has 19 heavy (non-hydrogen) atoms. The fourth-order valence-corrected chi connectivity index (χ4v) is 1.63. The van der Waals surface area contributed by atoms with Crippen LogP contribution in [-0.2, 0) is 4.74 Å². The molecular weight excluding hydrogens is 247 g/mol. The Hall–Kier alpha value is -1.62. The molecule has 1 unspecified atom stereocenters. The van der Waals surface area contributed by atoms with E-state index in [0.29, 0.717) is 5.56 Å². The minimum atomic E-state index is -0.608. The largest absolute Gasteiger partial charge is 0.444 e. The molecular formula is C14H21FN2O2. The van der Waals surface area contributed by atoms with Crippen molar-refractivity contribution in [2.24, 2.45) is 5.73 Å². The highest BCUT2D eigenvalue weighted by molar-refractivity contribution is 5.68. The van der Waals surface area contributed by atoms with Crippen molar-refractivity contribution >= 4 is 6.09 Å². The molecule has 0 fully saturated rings. The van der Waals surface area contributed by atoms with Crippen LogP contribution in [0.15, 0.2) is 18.2 Å². The van der Waals surface area contributed by atoms with E-state index in [4.69, 9.17) is 10.5 Å². The highest BCUT2D eigenvalue weighted by atomic mass is 19.1. The summed E-state index contributed by atoms with van der Waals surface area (Å²) in [6.07, 6.45) is -0.608. The van der Waals surface area contributed by atoms with E-state index < -0.39 is 17.7 Å². The predicted molar refractivity (Wildman–Crippen MR) is 72.3 cm³/mol. The molecule has 0 saturated heterocycles. The van der Waals surface area contributed by atoms with Gasteiger partial charge in [0.25, 0.3) is 0 Å². The van der Waals surface area contributed by atoms with E-state index in [2.05, 4.69) is 5.32 Å². The van der Waals surface area contributed by atoms with Crippen LogP contribution in [0.2, 0.25) is 0 Å². The molecule has 1 rings (SSSR count). The molecule has 0 aromatic heterocycles. The minimum Gasteiger partial charge on any atom is -0.444 e. The standard InChI is InChI=1S/C14H21FN2O2/c1-9-5-6-10(11(15)7-9)12(8-16)17-13(18)19-14(2,3)4/h5-7,12H,8,16H2,1-4H3,(H,17,18). The van der Waals surface area contributed by atoms with Crippen molar-refractivity contribution in [3.05, 3.63) is 35.1 Å². The van der Waals surface area contributed by atoms with Crippen LogP contribution in [0.1, 0.15) is 37.9 Å². The van der Waals surface area contributed by atoms with Crippen LogP contribution in [0.25, 0.3) is 0 Å². The Kier molecular flexibility index (Phi) is 4.89. The Morgan fingerprint density at radius 3 is 2.58 bits per heavy atom. The first kappa shape index (κ1) is 15.4. The normalized spacial score (nSPS) is 12.9. The number of aryl methyl sites for hydroxylation is 1. The van der Waals surface area contributed by atoms with Crippen LogP contribution in [0.5, 0.6) is 0 Å². The van der Waals surface area contributed by atoms with E-state index in [1.807, 2.05) is 0 Å². The first-order valence-electron chi connectivity index (χ1n) is 6.18. The van der Waals surface area contributed by atoms with Gasteiger partial charge in [0, 0.05) is 12.1 Å².